The molecule has 3 heteroatoms. The van der Waals surface area contributed by atoms with E-state index >= 15 is 0 Å². The van der Waals surface area contributed by atoms with Crippen molar-refractivity contribution in [1.82, 2.24) is 0 Å². The molecule has 3 nitrogen and oxygen atoms in total. The highest BCUT2D eigenvalue weighted by Crippen LogP contribution is 2.23. The van der Waals surface area contributed by atoms with E-state index in [9.17, 15) is 5.11 Å². The molecule has 2 rings (SSSR count). The number of hydrogen-bond donors (Lipinski definition) is 2. The molecule has 0 aliphatic rings. The van der Waals surface area contributed by atoms with Crippen molar-refractivity contribution in [2.45, 2.75) is 26.5 Å². The quantitative estimate of drug-likeness (QED) is 0.840. The van der Waals surface area contributed by atoms with Crippen molar-refractivity contribution < 1.29 is 9.84 Å². The number of aliphatic hydroxyl groups excluding tert-OH is 1. The predicted octanol–water partition coefficient (Wildman–Crippen LogP) is 3.75. The summed E-state index contributed by atoms with van der Waals surface area (Å²) in [6, 6.07) is 15.9. The zero-order chi connectivity index (χ0) is 14.4. The van der Waals surface area contributed by atoms with Gasteiger partial charge in [-0.1, -0.05) is 30.3 Å². The van der Waals surface area contributed by atoms with Gasteiger partial charge in [-0.05, 0) is 37.6 Å². The molecule has 2 aromatic carbocycles. The number of ether oxygens (including phenoxy) is 1. The maximum absolute atomic E-state index is 9.74. The van der Waals surface area contributed by atoms with Crippen LogP contribution in [0.4, 0.5) is 5.69 Å². The molecule has 20 heavy (non-hydrogen) atoms. The third-order valence-electron chi connectivity index (χ3n) is 3.13. The van der Waals surface area contributed by atoms with E-state index in [1.807, 2.05) is 55.5 Å². The fourth-order valence-corrected chi connectivity index (χ4v) is 2.09. The maximum Gasteiger partial charge on any atom is 0.119 e. The molecule has 106 valence electrons. The molecule has 2 aromatic rings. The van der Waals surface area contributed by atoms with Crippen LogP contribution in [0.3, 0.4) is 0 Å². The summed E-state index contributed by atoms with van der Waals surface area (Å²) in [5.41, 5.74) is 3.06. The molecule has 0 spiro atoms. The minimum absolute atomic E-state index is 0.473. The first-order chi connectivity index (χ1) is 9.70. The molecule has 1 atom stereocenters. The van der Waals surface area contributed by atoms with Crippen LogP contribution >= 0.6 is 0 Å². The van der Waals surface area contributed by atoms with E-state index in [1.165, 1.54) is 5.56 Å². The summed E-state index contributed by atoms with van der Waals surface area (Å²) in [5.74, 6) is 0.889. The summed E-state index contributed by atoms with van der Waals surface area (Å²) in [4.78, 5) is 0. The number of benzene rings is 2. The van der Waals surface area contributed by atoms with Gasteiger partial charge < -0.3 is 15.2 Å². The minimum atomic E-state index is -0.473. The highest BCUT2D eigenvalue weighted by Gasteiger charge is 2.06. The van der Waals surface area contributed by atoms with Gasteiger partial charge in [0.25, 0.3) is 0 Å². The molecular formula is C17H21NO2. The smallest absolute Gasteiger partial charge is 0.119 e. The normalized spacial score (nSPS) is 11.9. The average molecular weight is 271 g/mol. The van der Waals surface area contributed by atoms with Crippen molar-refractivity contribution in [3.63, 3.8) is 0 Å². The lowest BCUT2D eigenvalue weighted by Crippen LogP contribution is -2.04. The molecule has 0 bridgehead atoms. The monoisotopic (exact) mass is 271 g/mol. The molecule has 2 N–H and O–H groups in total. The van der Waals surface area contributed by atoms with E-state index in [2.05, 4.69) is 5.32 Å². The van der Waals surface area contributed by atoms with E-state index in [4.69, 9.17) is 4.74 Å². The molecule has 1 unspecified atom stereocenters. The van der Waals surface area contributed by atoms with Crippen molar-refractivity contribution in [2.24, 2.45) is 0 Å². The molecule has 0 aliphatic heterocycles. The van der Waals surface area contributed by atoms with Crippen LogP contribution in [0.25, 0.3) is 0 Å². The lowest BCUT2D eigenvalue weighted by molar-refractivity contribution is 0.200. The Kier molecular flexibility index (Phi) is 5.02. The Morgan fingerprint density at radius 2 is 1.80 bits per heavy atom. The second-order valence-electron chi connectivity index (χ2n) is 4.69. The van der Waals surface area contributed by atoms with Crippen molar-refractivity contribution in [1.29, 1.82) is 0 Å². The summed E-state index contributed by atoms with van der Waals surface area (Å²) < 4.78 is 5.42. The SMILES string of the molecule is CCOc1ccc(CNc2ccccc2C(C)O)cc1. The summed E-state index contributed by atoms with van der Waals surface area (Å²) in [6.07, 6.45) is -0.473. The molecule has 0 saturated heterocycles. The third-order valence-corrected chi connectivity index (χ3v) is 3.13. The van der Waals surface area contributed by atoms with Gasteiger partial charge in [-0.25, -0.2) is 0 Å². The van der Waals surface area contributed by atoms with E-state index in [0.717, 1.165) is 23.5 Å². The van der Waals surface area contributed by atoms with Crippen LogP contribution in [0.15, 0.2) is 48.5 Å². The summed E-state index contributed by atoms with van der Waals surface area (Å²) in [7, 11) is 0. The number of aliphatic hydroxyl groups is 1. The Hall–Kier alpha value is -2.00. The summed E-state index contributed by atoms with van der Waals surface area (Å²) >= 11 is 0. The predicted molar refractivity (Wildman–Crippen MR) is 82.0 cm³/mol. The highest BCUT2D eigenvalue weighted by atomic mass is 16.5. The van der Waals surface area contributed by atoms with Crippen LogP contribution in [0, 0.1) is 0 Å². The van der Waals surface area contributed by atoms with E-state index in [-0.39, 0.29) is 0 Å². The number of hydrogen-bond acceptors (Lipinski definition) is 3. The fraction of sp³-hybridized carbons (Fsp3) is 0.294. The van der Waals surface area contributed by atoms with Crippen LogP contribution in [-0.4, -0.2) is 11.7 Å². The van der Waals surface area contributed by atoms with Gasteiger partial charge in [0, 0.05) is 17.8 Å². The lowest BCUT2D eigenvalue weighted by Gasteiger charge is -2.14. The van der Waals surface area contributed by atoms with Gasteiger partial charge in [-0.15, -0.1) is 0 Å². The average Bonchev–Trinajstić information content (AvgIpc) is 2.47. The number of anilines is 1. The molecule has 0 heterocycles. The molecule has 0 fully saturated rings. The number of para-hydroxylation sites is 1. The second-order valence-corrected chi connectivity index (χ2v) is 4.69. The number of nitrogens with one attached hydrogen (secondary N) is 1. The maximum atomic E-state index is 9.74. The zero-order valence-electron chi connectivity index (χ0n) is 12.0. The van der Waals surface area contributed by atoms with Crippen LogP contribution in [-0.2, 0) is 6.54 Å². The summed E-state index contributed by atoms with van der Waals surface area (Å²) in [5, 5.41) is 13.1. The van der Waals surface area contributed by atoms with Crippen LogP contribution < -0.4 is 10.1 Å². The molecule has 0 amide bonds. The Morgan fingerprint density at radius 3 is 2.45 bits per heavy atom. The Morgan fingerprint density at radius 1 is 1.10 bits per heavy atom. The third kappa shape index (κ3) is 3.75. The van der Waals surface area contributed by atoms with Crippen LogP contribution in [0.1, 0.15) is 31.1 Å². The highest BCUT2D eigenvalue weighted by molar-refractivity contribution is 5.52. The lowest BCUT2D eigenvalue weighted by atomic mass is 10.1. The van der Waals surface area contributed by atoms with Gasteiger partial charge in [-0.3, -0.25) is 0 Å². The van der Waals surface area contributed by atoms with Gasteiger partial charge in [0.15, 0.2) is 0 Å². The molecule has 0 aliphatic carbocycles. The Bertz CT molecular complexity index is 535. The van der Waals surface area contributed by atoms with Crippen molar-refractivity contribution in [3.8, 4) is 5.75 Å². The van der Waals surface area contributed by atoms with Gasteiger partial charge in [0.2, 0.25) is 0 Å². The standard InChI is InChI=1S/C17H21NO2/c1-3-20-15-10-8-14(9-11-15)12-18-17-7-5-4-6-16(17)13(2)19/h4-11,13,18-19H,3,12H2,1-2H3. The molecule has 0 saturated carbocycles. The summed E-state index contributed by atoms with van der Waals surface area (Å²) in [6.45, 7) is 5.15. The first-order valence-electron chi connectivity index (χ1n) is 6.93. The minimum Gasteiger partial charge on any atom is -0.494 e. The Labute approximate surface area is 120 Å². The van der Waals surface area contributed by atoms with E-state index < -0.39 is 6.10 Å². The van der Waals surface area contributed by atoms with Gasteiger partial charge in [0.05, 0.1) is 12.7 Å². The van der Waals surface area contributed by atoms with E-state index in [1.54, 1.807) is 6.92 Å². The zero-order valence-corrected chi connectivity index (χ0v) is 12.0. The first-order valence-corrected chi connectivity index (χ1v) is 6.93. The van der Waals surface area contributed by atoms with Crippen LogP contribution in [0.2, 0.25) is 0 Å². The molecule has 0 radical (unpaired) electrons. The van der Waals surface area contributed by atoms with E-state index in [0.29, 0.717) is 6.61 Å². The van der Waals surface area contributed by atoms with Gasteiger partial charge in [-0.2, -0.15) is 0 Å². The van der Waals surface area contributed by atoms with Crippen molar-refractivity contribution in [2.75, 3.05) is 11.9 Å². The van der Waals surface area contributed by atoms with Gasteiger partial charge in [0.1, 0.15) is 5.75 Å². The van der Waals surface area contributed by atoms with Crippen molar-refractivity contribution in [3.05, 3.63) is 59.7 Å². The fourth-order valence-electron chi connectivity index (χ4n) is 2.09. The first kappa shape index (κ1) is 14.4. The topological polar surface area (TPSA) is 41.5 Å². The second kappa shape index (κ2) is 6.96. The number of rotatable bonds is 6. The van der Waals surface area contributed by atoms with Crippen LogP contribution in [0.5, 0.6) is 5.75 Å². The largest absolute Gasteiger partial charge is 0.494 e. The molecular weight excluding hydrogens is 250 g/mol. The van der Waals surface area contributed by atoms with Crippen molar-refractivity contribution >= 4 is 5.69 Å². The van der Waals surface area contributed by atoms with Gasteiger partial charge >= 0.3 is 0 Å². The Balaban J connectivity index is 2.01. The molecule has 0 aromatic heterocycles.